The molecule has 9 unspecified atom stereocenters. The van der Waals surface area contributed by atoms with Crippen LogP contribution in [0.3, 0.4) is 0 Å². The molecule has 0 aromatic carbocycles. The number of hydrogen-bond acceptors (Lipinski definition) is 10. The van der Waals surface area contributed by atoms with E-state index < -0.39 is 74.2 Å². The Hall–Kier alpha value is -1.15. The van der Waals surface area contributed by atoms with Gasteiger partial charge in [-0.15, -0.1) is 0 Å². The molecule has 8 N–H and O–H groups in total. The minimum absolute atomic E-state index is 0.262. The monoisotopic (exact) mass is 844 g/mol. The van der Waals surface area contributed by atoms with Gasteiger partial charge in [-0.2, -0.15) is 0 Å². The highest BCUT2D eigenvalue weighted by molar-refractivity contribution is 5.80. The second kappa shape index (κ2) is 38.5. The van der Waals surface area contributed by atoms with Crippen molar-refractivity contribution in [1.82, 2.24) is 5.32 Å². The molecule has 0 spiro atoms. The molecule has 1 amide bonds. The third-order valence-electron chi connectivity index (χ3n) is 12.1. The first-order valence-electron chi connectivity index (χ1n) is 24.6. The fourth-order valence-corrected chi connectivity index (χ4v) is 7.96. The molecule has 1 saturated heterocycles. The van der Waals surface area contributed by atoms with Gasteiger partial charge in [0.15, 0.2) is 6.29 Å². The summed E-state index contributed by atoms with van der Waals surface area (Å²) in [5.41, 5.74) is 0. The van der Waals surface area contributed by atoms with Gasteiger partial charge < -0.3 is 50.5 Å². The zero-order valence-corrected chi connectivity index (χ0v) is 37.7. The lowest BCUT2D eigenvalue weighted by Crippen LogP contribution is -2.60. The van der Waals surface area contributed by atoms with Gasteiger partial charge in [0.1, 0.15) is 36.6 Å². The number of aliphatic hydroxyl groups excluding tert-OH is 7. The Labute approximate surface area is 360 Å². The van der Waals surface area contributed by atoms with Gasteiger partial charge in [0, 0.05) is 0 Å². The Morgan fingerprint density at radius 2 is 0.983 bits per heavy atom. The highest BCUT2D eigenvalue weighted by Crippen LogP contribution is 2.23. The van der Waals surface area contributed by atoms with Gasteiger partial charge in [0.25, 0.3) is 0 Å². The number of carbonyl (C=O) groups is 1. The minimum atomic E-state index is -1.66. The standard InChI is InChI=1S/C48H93NO10/c1-3-5-7-9-11-13-15-17-18-19-20-21-22-23-24-26-28-30-32-34-36-41(52)47(57)49-39(38-58-48-46(56)45(55)44(54)42(37-50)59-48)43(53)40(51)35-33-31-29-27-25-16-14-12-10-8-6-4-2/h14,16,39-46,48,50-56H,3-13,15,17-38H2,1-2H3,(H,49,57). The number of aliphatic hydroxyl groups is 7. The molecule has 1 heterocycles. The number of rotatable bonds is 41. The van der Waals surface area contributed by atoms with E-state index in [0.717, 1.165) is 51.4 Å². The summed E-state index contributed by atoms with van der Waals surface area (Å²) in [5, 5.41) is 75.7. The molecule has 350 valence electrons. The minimum Gasteiger partial charge on any atom is -0.394 e. The normalized spacial score (nSPS) is 21.8. The van der Waals surface area contributed by atoms with Crippen LogP contribution in [0.15, 0.2) is 12.2 Å². The molecule has 0 saturated carbocycles. The van der Waals surface area contributed by atoms with E-state index >= 15 is 0 Å². The number of unbranched alkanes of at least 4 members (excludes halogenated alkanes) is 27. The fraction of sp³-hybridized carbons (Fsp3) is 0.938. The van der Waals surface area contributed by atoms with Crippen molar-refractivity contribution in [3.05, 3.63) is 12.2 Å². The van der Waals surface area contributed by atoms with Crippen LogP contribution in [0.5, 0.6) is 0 Å². The molecule has 9 atom stereocenters. The average Bonchev–Trinajstić information content (AvgIpc) is 3.23. The Bertz CT molecular complexity index is 970. The van der Waals surface area contributed by atoms with Crippen LogP contribution in [0, 0.1) is 0 Å². The molecule has 0 radical (unpaired) electrons. The maximum atomic E-state index is 13.1. The van der Waals surface area contributed by atoms with E-state index in [9.17, 15) is 40.5 Å². The summed E-state index contributed by atoms with van der Waals surface area (Å²) in [6.45, 7) is 3.42. The van der Waals surface area contributed by atoms with Gasteiger partial charge in [0.05, 0.1) is 25.4 Å². The summed E-state index contributed by atoms with van der Waals surface area (Å²) >= 11 is 0. The highest BCUT2D eigenvalue weighted by atomic mass is 16.7. The molecule has 1 aliphatic heterocycles. The number of allylic oxidation sites excluding steroid dienone is 2. The van der Waals surface area contributed by atoms with Gasteiger partial charge in [-0.25, -0.2) is 0 Å². The molecule has 0 aliphatic carbocycles. The highest BCUT2D eigenvalue weighted by Gasteiger charge is 2.44. The lowest BCUT2D eigenvalue weighted by Gasteiger charge is -2.40. The summed E-state index contributed by atoms with van der Waals surface area (Å²) in [5.74, 6) is -0.699. The summed E-state index contributed by atoms with van der Waals surface area (Å²) in [6.07, 6.45) is 29.8. The quantitative estimate of drug-likeness (QED) is 0.0219. The molecule has 11 heteroatoms. The van der Waals surface area contributed by atoms with Crippen LogP contribution in [-0.2, 0) is 14.3 Å². The van der Waals surface area contributed by atoms with Crippen LogP contribution in [0.2, 0.25) is 0 Å². The van der Waals surface area contributed by atoms with Crippen molar-refractivity contribution in [2.75, 3.05) is 13.2 Å². The molecule has 1 fully saturated rings. The lowest BCUT2D eigenvalue weighted by atomic mass is 9.98. The zero-order valence-electron chi connectivity index (χ0n) is 37.7. The topological polar surface area (TPSA) is 189 Å². The van der Waals surface area contributed by atoms with Gasteiger partial charge in [-0.1, -0.05) is 193 Å². The Morgan fingerprint density at radius 1 is 0.576 bits per heavy atom. The van der Waals surface area contributed by atoms with E-state index in [0.29, 0.717) is 19.3 Å². The predicted molar refractivity (Wildman–Crippen MR) is 238 cm³/mol. The van der Waals surface area contributed by atoms with E-state index in [2.05, 4.69) is 31.3 Å². The zero-order chi connectivity index (χ0) is 43.4. The van der Waals surface area contributed by atoms with E-state index in [4.69, 9.17) is 9.47 Å². The van der Waals surface area contributed by atoms with E-state index in [1.165, 1.54) is 128 Å². The van der Waals surface area contributed by atoms with Gasteiger partial charge in [-0.3, -0.25) is 4.79 Å². The van der Waals surface area contributed by atoms with Crippen molar-refractivity contribution in [1.29, 1.82) is 0 Å². The first kappa shape index (κ1) is 55.9. The average molecular weight is 844 g/mol. The number of hydrogen-bond donors (Lipinski definition) is 8. The Balaban J connectivity index is 2.38. The molecule has 1 aliphatic rings. The Morgan fingerprint density at radius 3 is 1.44 bits per heavy atom. The number of carbonyl (C=O) groups excluding carboxylic acids is 1. The number of nitrogens with one attached hydrogen (secondary N) is 1. The molecule has 11 nitrogen and oxygen atoms in total. The van der Waals surface area contributed by atoms with Crippen molar-refractivity contribution >= 4 is 5.91 Å². The van der Waals surface area contributed by atoms with Crippen LogP contribution < -0.4 is 5.32 Å². The molecule has 0 aromatic heterocycles. The smallest absolute Gasteiger partial charge is 0.249 e. The van der Waals surface area contributed by atoms with Crippen LogP contribution in [0.4, 0.5) is 0 Å². The predicted octanol–water partition coefficient (Wildman–Crippen LogP) is 8.45. The van der Waals surface area contributed by atoms with Crippen molar-refractivity contribution in [3.8, 4) is 0 Å². The number of ether oxygens (including phenoxy) is 2. The van der Waals surface area contributed by atoms with Crippen molar-refractivity contribution in [2.24, 2.45) is 0 Å². The van der Waals surface area contributed by atoms with Crippen LogP contribution in [0.25, 0.3) is 0 Å². The molecule has 0 aromatic rings. The van der Waals surface area contributed by atoms with Gasteiger partial charge >= 0.3 is 0 Å². The first-order chi connectivity index (χ1) is 28.7. The molecular weight excluding hydrogens is 751 g/mol. The van der Waals surface area contributed by atoms with Gasteiger partial charge in [0.2, 0.25) is 5.91 Å². The first-order valence-corrected chi connectivity index (χ1v) is 24.6. The maximum absolute atomic E-state index is 13.1. The summed E-state index contributed by atoms with van der Waals surface area (Å²) in [4.78, 5) is 13.1. The van der Waals surface area contributed by atoms with Crippen LogP contribution >= 0.6 is 0 Å². The molecule has 0 bridgehead atoms. The fourth-order valence-electron chi connectivity index (χ4n) is 7.96. The Kier molecular flexibility index (Phi) is 36.5. The maximum Gasteiger partial charge on any atom is 0.249 e. The molecule has 59 heavy (non-hydrogen) atoms. The van der Waals surface area contributed by atoms with Crippen molar-refractivity contribution in [2.45, 2.75) is 274 Å². The third kappa shape index (κ3) is 28.2. The van der Waals surface area contributed by atoms with Crippen molar-refractivity contribution < 1.29 is 50.0 Å². The summed E-state index contributed by atoms with van der Waals surface area (Å²) < 4.78 is 11.1. The second-order valence-electron chi connectivity index (χ2n) is 17.5. The third-order valence-corrected chi connectivity index (χ3v) is 12.1. The summed E-state index contributed by atoms with van der Waals surface area (Å²) in [7, 11) is 0. The second-order valence-corrected chi connectivity index (χ2v) is 17.5. The van der Waals surface area contributed by atoms with E-state index in [-0.39, 0.29) is 6.42 Å². The lowest BCUT2D eigenvalue weighted by molar-refractivity contribution is -0.303. The molecule has 1 rings (SSSR count). The summed E-state index contributed by atoms with van der Waals surface area (Å²) in [6, 6.07) is -1.17. The van der Waals surface area contributed by atoms with Crippen LogP contribution in [-0.4, -0.2) is 110 Å². The molecular formula is C48H93NO10. The largest absolute Gasteiger partial charge is 0.394 e. The van der Waals surface area contributed by atoms with E-state index in [1.54, 1.807) is 0 Å². The van der Waals surface area contributed by atoms with Crippen molar-refractivity contribution in [3.63, 3.8) is 0 Å². The van der Waals surface area contributed by atoms with E-state index in [1.807, 2.05) is 0 Å². The van der Waals surface area contributed by atoms with Crippen LogP contribution in [0.1, 0.15) is 219 Å². The SMILES string of the molecule is CCCCCCC=CCCCCCCC(O)C(O)C(COC1OC(CO)C(O)C(O)C1O)NC(=O)C(O)CCCCCCCCCCCCCCCCCCCCCC. The number of amides is 1. The van der Waals surface area contributed by atoms with Gasteiger partial charge in [-0.05, 0) is 38.5 Å².